The maximum Gasteiger partial charge on any atom is 0.226 e. The van der Waals surface area contributed by atoms with E-state index in [-0.39, 0.29) is 0 Å². The second-order valence-corrected chi connectivity index (χ2v) is 5.72. The van der Waals surface area contributed by atoms with E-state index < -0.39 is 5.82 Å². The molecule has 0 aliphatic carbocycles. The molecule has 0 atom stereocenters. The predicted octanol–water partition coefficient (Wildman–Crippen LogP) is 3.38. The number of benzene rings is 1. The number of aryl methyl sites for hydroxylation is 1. The van der Waals surface area contributed by atoms with Crippen LogP contribution in [0.15, 0.2) is 30.6 Å². The van der Waals surface area contributed by atoms with Crippen molar-refractivity contribution < 1.29 is 9.13 Å². The van der Waals surface area contributed by atoms with E-state index in [4.69, 9.17) is 16.3 Å². The monoisotopic (exact) mass is 343 g/mol. The highest BCUT2D eigenvalue weighted by molar-refractivity contribution is 6.31. The molecule has 0 radical (unpaired) electrons. The second kappa shape index (κ2) is 5.38. The molecule has 8 heteroatoms. The van der Waals surface area contributed by atoms with Crippen LogP contribution in [0.25, 0.3) is 33.3 Å². The molecule has 0 amide bonds. The molecule has 120 valence electrons. The van der Waals surface area contributed by atoms with Crippen molar-refractivity contribution in [2.24, 2.45) is 7.05 Å². The lowest BCUT2D eigenvalue weighted by molar-refractivity contribution is 0.403. The lowest BCUT2D eigenvalue weighted by Gasteiger charge is -2.07. The normalized spacial score (nSPS) is 11.3. The lowest BCUT2D eigenvalue weighted by Crippen LogP contribution is -1.98. The van der Waals surface area contributed by atoms with Gasteiger partial charge in [-0.2, -0.15) is 10.1 Å². The Bertz CT molecular complexity index is 1090. The Morgan fingerprint density at radius 2 is 2.04 bits per heavy atom. The third-order valence-electron chi connectivity index (χ3n) is 3.61. The molecule has 0 spiro atoms. The first-order chi connectivity index (χ1) is 11.5. The van der Waals surface area contributed by atoms with Gasteiger partial charge < -0.3 is 4.74 Å². The zero-order chi connectivity index (χ0) is 16.8. The van der Waals surface area contributed by atoms with Crippen LogP contribution in [-0.2, 0) is 7.05 Å². The first-order valence-corrected chi connectivity index (χ1v) is 7.43. The number of ether oxygens (including phenoxy) is 1. The van der Waals surface area contributed by atoms with Crippen LogP contribution in [0, 0.1) is 5.82 Å². The number of rotatable bonds is 2. The molecule has 0 aliphatic heterocycles. The third kappa shape index (κ3) is 2.33. The van der Waals surface area contributed by atoms with Gasteiger partial charge in [0.15, 0.2) is 17.3 Å². The van der Waals surface area contributed by atoms with Crippen LogP contribution in [-0.4, -0.2) is 31.8 Å². The summed E-state index contributed by atoms with van der Waals surface area (Å²) in [5.41, 5.74) is 1.25. The van der Waals surface area contributed by atoms with Crippen molar-refractivity contribution in [2.75, 3.05) is 7.11 Å². The van der Waals surface area contributed by atoms with Crippen LogP contribution in [0.1, 0.15) is 0 Å². The maximum atomic E-state index is 14.3. The van der Waals surface area contributed by atoms with E-state index >= 15 is 0 Å². The van der Waals surface area contributed by atoms with E-state index in [0.717, 1.165) is 0 Å². The summed E-state index contributed by atoms with van der Waals surface area (Å²) in [5, 5.41) is 5.81. The summed E-state index contributed by atoms with van der Waals surface area (Å²) in [5.74, 6) is 0.213. The summed E-state index contributed by atoms with van der Waals surface area (Å²) in [4.78, 5) is 12.9. The van der Waals surface area contributed by atoms with Gasteiger partial charge in [0.25, 0.3) is 0 Å². The van der Waals surface area contributed by atoms with E-state index in [1.165, 1.54) is 19.4 Å². The number of hydrogen-bond donors (Lipinski definition) is 0. The SMILES string of the molecule is COc1nc(-c2cc(F)c3nn(C)cc3c2)nc2ncc(Cl)cc12. The van der Waals surface area contributed by atoms with Gasteiger partial charge in [-0.1, -0.05) is 11.6 Å². The smallest absolute Gasteiger partial charge is 0.226 e. The summed E-state index contributed by atoms with van der Waals surface area (Å²) in [7, 11) is 3.24. The van der Waals surface area contributed by atoms with Crippen molar-refractivity contribution in [1.29, 1.82) is 0 Å². The Kier molecular flexibility index (Phi) is 3.31. The van der Waals surface area contributed by atoms with Gasteiger partial charge in [0, 0.05) is 30.4 Å². The Morgan fingerprint density at radius 1 is 1.21 bits per heavy atom. The van der Waals surface area contributed by atoms with Crippen molar-refractivity contribution in [3.63, 3.8) is 0 Å². The number of aromatic nitrogens is 5. The molecule has 3 aromatic heterocycles. The van der Waals surface area contributed by atoms with E-state index in [2.05, 4.69) is 20.1 Å². The first-order valence-electron chi connectivity index (χ1n) is 7.05. The minimum atomic E-state index is -0.435. The largest absolute Gasteiger partial charge is 0.480 e. The molecular weight excluding hydrogens is 333 g/mol. The second-order valence-electron chi connectivity index (χ2n) is 5.28. The maximum absolute atomic E-state index is 14.3. The summed E-state index contributed by atoms with van der Waals surface area (Å²) >= 11 is 5.96. The number of pyridine rings is 1. The summed E-state index contributed by atoms with van der Waals surface area (Å²) in [6.07, 6.45) is 3.23. The van der Waals surface area contributed by atoms with Crippen molar-refractivity contribution in [2.45, 2.75) is 0 Å². The lowest BCUT2D eigenvalue weighted by atomic mass is 10.1. The highest BCUT2D eigenvalue weighted by Gasteiger charge is 2.14. The Hall–Kier alpha value is -2.80. The summed E-state index contributed by atoms with van der Waals surface area (Å²) in [6.45, 7) is 0. The van der Waals surface area contributed by atoms with Crippen molar-refractivity contribution >= 4 is 33.5 Å². The third-order valence-corrected chi connectivity index (χ3v) is 3.82. The van der Waals surface area contributed by atoms with Gasteiger partial charge in [-0.25, -0.2) is 14.4 Å². The predicted molar refractivity (Wildman–Crippen MR) is 88.6 cm³/mol. The molecule has 0 saturated carbocycles. The molecule has 0 N–H and O–H groups in total. The number of methoxy groups -OCH3 is 1. The van der Waals surface area contributed by atoms with E-state index in [9.17, 15) is 4.39 Å². The van der Waals surface area contributed by atoms with Crippen LogP contribution in [0.4, 0.5) is 4.39 Å². The topological polar surface area (TPSA) is 65.7 Å². The Labute approximate surface area is 140 Å². The molecule has 24 heavy (non-hydrogen) atoms. The van der Waals surface area contributed by atoms with Gasteiger partial charge in [0.2, 0.25) is 5.88 Å². The quantitative estimate of drug-likeness (QED) is 0.558. The van der Waals surface area contributed by atoms with Crippen LogP contribution in [0.3, 0.4) is 0 Å². The molecule has 4 rings (SSSR count). The zero-order valence-electron chi connectivity index (χ0n) is 12.8. The highest BCUT2D eigenvalue weighted by atomic mass is 35.5. The van der Waals surface area contributed by atoms with Gasteiger partial charge in [-0.05, 0) is 18.2 Å². The van der Waals surface area contributed by atoms with Crippen LogP contribution in [0.5, 0.6) is 5.88 Å². The Balaban J connectivity index is 1.97. The fourth-order valence-electron chi connectivity index (χ4n) is 2.59. The van der Waals surface area contributed by atoms with Crippen molar-refractivity contribution in [3.8, 4) is 17.3 Å². The van der Waals surface area contributed by atoms with Gasteiger partial charge in [0.1, 0.15) is 5.52 Å². The van der Waals surface area contributed by atoms with E-state index in [1.807, 2.05) is 0 Å². The first kappa shape index (κ1) is 14.8. The molecule has 0 saturated heterocycles. The minimum absolute atomic E-state index is 0.305. The molecule has 3 heterocycles. The molecular formula is C16H11ClFN5O. The molecule has 4 aromatic rings. The number of nitrogens with zero attached hydrogens (tertiary/aromatic N) is 5. The van der Waals surface area contributed by atoms with Gasteiger partial charge in [-0.3, -0.25) is 4.68 Å². The summed E-state index contributed by atoms with van der Waals surface area (Å²) < 4.78 is 21.2. The minimum Gasteiger partial charge on any atom is -0.480 e. The zero-order valence-corrected chi connectivity index (χ0v) is 13.5. The standard InChI is InChI=1S/C16H11ClFN5O/c1-23-7-9-3-8(4-12(18)13(9)22-23)14-20-15-11(16(21-14)24-2)5-10(17)6-19-15/h3-7H,1-2H3. The number of fused-ring (bicyclic) bond motifs is 2. The molecule has 0 bridgehead atoms. The number of halogens is 2. The molecule has 6 nitrogen and oxygen atoms in total. The molecule has 1 aromatic carbocycles. The van der Waals surface area contributed by atoms with Crippen LogP contribution in [0.2, 0.25) is 5.02 Å². The average Bonchev–Trinajstić information content (AvgIpc) is 2.94. The van der Waals surface area contributed by atoms with Gasteiger partial charge in [-0.15, -0.1) is 0 Å². The van der Waals surface area contributed by atoms with Crippen molar-refractivity contribution in [1.82, 2.24) is 24.7 Å². The molecule has 0 unspecified atom stereocenters. The molecule has 0 aliphatic rings. The van der Waals surface area contributed by atoms with E-state index in [1.54, 1.807) is 30.1 Å². The highest BCUT2D eigenvalue weighted by Crippen LogP contribution is 2.29. The fourth-order valence-corrected chi connectivity index (χ4v) is 2.74. The van der Waals surface area contributed by atoms with Crippen LogP contribution < -0.4 is 4.74 Å². The van der Waals surface area contributed by atoms with Gasteiger partial charge >= 0.3 is 0 Å². The van der Waals surface area contributed by atoms with Crippen LogP contribution >= 0.6 is 11.6 Å². The fraction of sp³-hybridized carbons (Fsp3) is 0.125. The average molecular weight is 344 g/mol. The van der Waals surface area contributed by atoms with Gasteiger partial charge in [0.05, 0.1) is 17.5 Å². The number of hydrogen-bond acceptors (Lipinski definition) is 5. The summed E-state index contributed by atoms with van der Waals surface area (Å²) in [6, 6.07) is 4.81. The Morgan fingerprint density at radius 3 is 2.83 bits per heavy atom. The van der Waals surface area contributed by atoms with E-state index in [0.29, 0.717) is 44.2 Å². The molecule has 0 fully saturated rings. The van der Waals surface area contributed by atoms with Crippen molar-refractivity contribution in [3.05, 3.63) is 41.4 Å².